The van der Waals surface area contributed by atoms with E-state index >= 15 is 0 Å². The predicted octanol–water partition coefficient (Wildman–Crippen LogP) is 4.92. The van der Waals surface area contributed by atoms with Crippen molar-refractivity contribution < 1.29 is 0 Å². The molecule has 114 valence electrons. The molecule has 22 heavy (non-hydrogen) atoms. The minimum Gasteiger partial charge on any atom is -0.345 e. The van der Waals surface area contributed by atoms with E-state index in [4.69, 9.17) is 0 Å². The first-order valence-corrected chi connectivity index (χ1v) is 8.64. The van der Waals surface area contributed by atoms with Crippen LogP contribution in [0.5, 0.6) is 0 Å². The molecule has 0 radical (unpaired) electrons. The standard InChI is InChI=1S/C20H24N2/c1-15-19(18-9-5-11-21-13-18)12-17-8-2-3-10-20(17)22(15)14-16-6-4-7-16/h5,9,11-13,16H,1-4,6-8,10,14H2. The predicted molar refractivity (Wildman–Crippen MR) is 90.9 cm³/mol. The Kier molecular flexibility index (Phi) is 3.61. The summed E-state index contributed by atoms with van der Waals surface area (Å²) in [4.78, 5) is 6.84. The van der Waals surface area contributed by atoms with Gasteiger partial charge in [0.2, 0.25) is 0 Å². The number of nitrogens with zero attached hydrogens (tertiary/aromatic N) is 2. The Morgan fingerprint density at radius 1 is 1.18 bits per heavy atom. The average molecular weight is 292 g/mol. The van der Waals surface area contributed by atoms with Crippen LogP contribution in [-0.2, 0) is 0 Å². The summed E-state index contributed by atoms with van der Waals surface area (Å²) >= 11 is 0. The van der Waals surface area contributed by atoms with E-state index in [2.05, 4.69) is 28.6 Å². The van der Waals surface area contributed by atoms with Crippen molar-refractivity contribution in [3.8, 4) is 0 Å². The van der Waals surface area contributed by atoms with Crippen molar-refractivity contribution in [3.63, 3.8) is 0 Å². The zero-order valence-electron chi connectivity index (χ0n) is 13.2. The molecule has 2 nitrogen and oxygen atoms in total. The lowest BCUT2D eigenvalue weighted by Crippen LogP contribution is -2.34. The third-order valence-electron chi connectivity index (χ3n) is 5.40. The molecule has 0 N–H and O–H groups in total. The van der Waals surface area contributed by atoms with Gasteiger partial charge in [-0.2, -0.15) is 0 Å². The fraction of sp³-hybridized carbons (Fsp3) is 0.450. The Bertz CT molecular complexity index is 635. The topological polar surface area (TPSA) is 16.1 Å². The minimum atomic E-state index is 0.862. The van der Waals surface area contributed by atoms with E-state index in [0.717, 1.165) is 12.5 Å². The second-order valence-corrected chi connectivity index (χ2v) is 6.83. The highest BCUT2D eigenvalue weighted by molar-refractivity contribution is 5.81. The largest absolute Gasteiger partial charge is 0.345 e. The zero-order valence-corrected chi connectivity index (χ0v) is 13.2. The quantitative estimate of drug-likeness (QED) is 0.786. The van der Waals surface area contributed by atoms with Gasteiger partial charge in [0.1, 0.15) is 0 Å². The van der Waals surface area contributed by atoms with Crippen LogP contribution in [0.15, 0.2) is 54.1 Å². The molecule has 3 aliphatic rings. The molecule has 0 atom stereocenters. The highest BCUT2D eigenvalue weighted by atomic mass is 15.2. The molecular weight excluding hydrogens is 268 g/mol. The van der Waals surface area contributed by atoms with Gasteiger partial charge in [-0.25, -0.2) is 0 Å². The molecule has 2 heterocycles. The summed E-state index contributed by atoms with van der Waals surface area (Å²) in [6, 6.07) is 4.17. The third-order valence-corrected chi connectivity index (χ3v) is 5.40. The molecule has 1 saturated carbocycles. The van der Waals surface area contributed by atoms with E-state index in [-0.39, 0.29) is 0 Å². The first-order valence-electron chi connectivity index (χ1n) is 8.64. The maximum absolute atomic E-state index is 4.45. The smallest absolute Gasteiger partial charge is 0.0415 e. The lowest BCUT2D eigenvalue weighted by atomic mass is 9.82. The minimum absolute atomic E-state index is 0.862. The molecule has 0 bridgehead atoms. The number of rotatable bonds is 3. The van der Waals surface area contributed by atoms with Crippen LogP contribution >= 0.6 is 0 Å². The molecule has 4 rings (SSSR count). The Hall–Kier alpha value is -1.83. The second-order valence-electron chi connectivity index (χ2n) is 6.83. The van der Waals surface area contributed by atoms with Crippen LogP contribution in [0.1, 0.15) is 50.5 Å². The molecule has 2 heteroatoms. The van der Waals surface area contributed by atoms with Gasteiger partial charge in [0.25, 0.3) is 0 Å². The van der Waals surface area contributed by atoms with Crippen molar-refractivity contribution in [2.45, 2.75) is 44.9 Å². The Balaban J connectivity index is 1.71. The highest BCUT2D eigenvalue weighted by Gasteiger charge is 2.30. The third kappa shape index (κ3) is 2.41. The monoisotopic (exact) mass is 292 g/mol. The summed E-state index contributed by atoms with van der Waals surface area (Å²) in [5.41, 5.74) is 6.74. The van der Waals surface area contributed by atoms with Crippen LogP contribution in [0.2, 0.25) is 0 Å². The number of hydrogen-bond donors (Lipinski definition) is 0. The molecule has 0 saturated heterocycles. The fourth-order valence-corrected chi connectivity index (χ4v) is 3.87. The van der Waals surface area contributed by atoms with Crippen molar-refractivity contribution >= 4 is 5.57 Å². The van der Waals surface area contributed by atoms with Crippen molar-refractivity contribution in [2.24, 2.45) is 5.92 Å². The van der Waals surface area contributed by atoms with E-state index < -0.39 is 0 Å². The van der Waals surface area contributed by atoms with Gasteiger partial charge in [-0.1, -0.05) is 19.1 Å². The number of hydrogen-bond acceptors (Lipinski definition) is 2. The first-order chi connectivity index (χ1) is 10.8. The number of pyridine rings is 1. The van der Waals surface area contributed by atoms with Gasteiger partial charge >= 0.3 is 0 Å². The molecule has 1 aromatic heterocycles. The average Bonchev–Trinajstić information content (AvgIpc) is 2.53. The maximum atomic E-state index is 4.45. The number of aromatic nitrogens is 1. The molecule has 2 aliphatic carbocycles. The van der Waals surface area contributed by atoms with Gasteiger partial charge in [-0.3, -0.25) is 4.98 Å². The molecule has 1 aromatic rings. The molecule has 0 spiro atoms. The normalized spacial score (nSPS) is 22.3. The molecule has 1 fully saturated rings. The second kappa shape index (κ2) is 5.75. The highest BCUT2D eigenvalue weighted by Crippen LogP contribution is 2.42. The van der Waals surface area contributed by atoms with E-state index in [0.29, 0.717) is 0 Å². The Morgan fingerprint density at radius 2 is 2.05 bits per heavy atom. The summed E-state index contributed by atoms with van der Waals surface area (Å²) < 4.78 is 0. The Labute approximate surface area is 133 Å². The number of allylic oxidation sites excluding steroid dienone is 4. The maximum Gasteiger partial charge on any atom is 0.0415 e. The zero-order chi connectivity index (χ0) is 14.9. The van der Waals surface area contributed by atoms with Crippen molar-refractivity contribution in [1.29, 1.82) is 0 Å². The fourth-order valence-electron chi connectivity index (χ4n) is 3.87. The van der Waals surface area contributed by atoms with Crippen molar-refractivity contribution in [3.05, 3.63) is 59.7 Å². The SMILES string of the molecule is C=C1C(c2cccnc2)=CC2=C(CCCC2)N1CC1CCC1. The van der Waals surface area contributed by atoms with Crippen LogP contribution in [0, 0.1) is 5.92 Å². The van der Waals surface area contributed by atoms with E-state index in [1.807, 2.05) is 18.5 Å². The summed E-state index contributed by atoms with van der Waals surface area (Å²) in [6.07, 6.45) is 15.4. The van der Waals surface area contributed by atoms with E-state index in [9.17, 15) is 0 Å². The van der Waals surface area contributed by atoms with Crippen molar-refractivity contribution in [2.75, 3.05) is 6.54 Å². The van der Waals surface area contributed by atoms with Gasteiger partial charge < -0.3 is 4.90 Å². The summed E-state index contributed by atoms with van der Waals surface area (Å²) in [6.45, 7) is 5.61. The van der Waals surface area contributed by atoms with Gasteiger partial charge in [0, 0.05) is 41.5 Å². The van der Waals surface area contributed by atoms with Crippen molar-refractivity contribution in [1.82, 2.24) is 9.88 Å². The van der Waals surface area contributed by atoms with Gasteiger partial charge in [0.15, 0.2) is 0 Å². The Morgan fingerprint density at radius 3 is 2.77 bits per heavy atom. The molecule has 1 aliphatic heterocycles. The van der Waals surface area contributed by atoms with Crippen LogP contribution in [-0.4, -0.2) is 16.4 Å². The van der Waals surface area contributed by atoms with Crippen LogP contribution in [0.4, 0.5) is 0 Å². The van der Waals surface area contributed by atoms with E-state index in [1.54, 1.807) is 5.70 Å². The summed E-state index contributed by atoms with van der Waals surface area (Å²) in [5, 5.41) is 0. The lowest BCUT2D eigenvalue weighted by Gasteiger charge is -2.41. The van der Waals surface area contributed by atoms with Crippen LogP contribution < -0.4 is 0 Å². The van der Waals surface area contributed by atoms with Gasteiger partial charge in [-0.15, -0.1) is 0 Å². The van der Waals surface area contributed by atoms with Gasteiger partial charge in [-0.05, 0) is 62.2 Å². The van der Waals surface area contributed by atoms with Crippen LogP contribution in [0.25, 0.3) is 5.57 Å². The van der Waals surface area contributed by atoms with Gasteiger partial charge in [0.05, 0.1) is 0 Å². The molecule has 0 unspecified atom stereocenters. The lowest BCUT2D eigenvalue weighted by molar-refractivity contribution is 0.235. The summed E-state index contributed by atoms with van der Waals surface area (Å²) in [5.74, 6) is 0.862. The van der Waals surface area contributed by atoms with E-state index in [1.165, 1.54) is 67.4 Å². The first kappa shape index (κ1) is 13.8. The molecule has 0 amide bonds. The van der Waals surface area contributed by atoms with Crippen LogP contribution in [0.3, 0.4) is 0 Å². The molecular formula is C20H24N2. The molecule has 0 aromatic carbocycles. The summed E-state index contributed by atoms with van der Waals surface area (Å²) in [7, 11) is 0.